The maximum Gasteiger partial charge on any atom is 0.213 e. The average molecular weight is 482 g/mol. The number of ether oxygens (including phenoxy) is 1. The van der Waals surface area contributed by atoms with Crippen LogP contribution < -0.4 is 10.0 Å². The minimum atomic E-state index is -3.38. The van der Waals surface area contributed by atoms with Gasteiger partial charge >= 0.3 is 0 Å². The van der Waals surface area contributed by atoms with E-state index in [0.717, 1.165) is 0 Å². The van der Waals surface area contributed by atoms with Crippen molar-refractivity contribution in [2.24, 2.45) is 0 Å². The van der Waals surface area contributed by atoms with E-state index in [1.807, 2.05) is 20.8 Å². The molecule has 0 spiro atoms. The Balaban J connectivity index is 1.57. The number of hydrogen-bond donors (Lipinski definition) is 4. The summed E-state index contributed by atoms with van der Waals surface area (Å²) in [5, 5.41) is 28.3. The molecule has 1 aliphatic rings. The lowest BCUT2D eigenvalue weighted by Crippen LogP contribution is -2.29. The summed E-state index contributed by atoms with van der Waals surface area (Å²) in [7, 11) is -2.04. The van der Waals surface area contributed by atoms with E-state index in [-0.39, 0.29) is 17.7 Å². The number of hydrogen-bond acceptors (Lipinski definition) is 11. The molecule has 0 bridgehead atoms. The number of imidazole rings is 1. The van der Waals surface area contributed by atoms with Crippen LogP contribution in [0, 0.1) is 0 Å². The molecule has 33 heavy (non-hydrogen) atoms. The molecular weight excluding hydrogens is 454 g/mol. The van der Waals surface area contributed by atoms with Gasteiger partial charge in [-0.05, 0) is 7.05 Å². The van der Waals surface area contributed by atoms with Gasteiger partial charge in [0.2, 0.25) is 10.0 Å². The predicted octanol–water partition coefficient (Wildman–Crippen LogP) is 0.0648. The zero-order valence-electron chi connectivity index (χ0n) is 18.6. The molecule has 4 N–H and O–H groups in total. The van der Waals surface area contributed by atoms with Crippen LogP contribution in [0.4, 0.5) is 5.82 Å². The molecule has 4 rings (SSSR count). The fraction of sp³-hybridized carbons (Fsp3) is 0.579. The highest BCUT2D eigenvalue weighted by Crippen LogP contribution is 2.40. The highest BCUT2D eigenvalue weighted by Gasteiger charge is 2.47. The molecule has 4 atom stereocenters. The Kier molecular flexibility index (Phi) is 6.13. The maximum absolute atomic E-state index is 11.6. The lowest BCUT2D eigenvalue weighted by atomic mass is 9.92. The minimum absolute atomic E-state index is 0.104. The van der Waals surface area contributed by atoms with Crippen molar-refractivity contribution in [1.82, 2.24) is 29.4 Å². The van der Waals surface area contributed by atoms with Gasteiger partial charge in [-0.2, -0.15) is 0 Å². The van der Waals surface area contributed by atoms with E-state index >= 15 is 0 Å². The summed E-state index contributed by atoms with van der Waals surface area (Å²) in [5.41, 5.74) is 1.15. The molecule has 1 fully saturated rings. The van der Waals surface area contributed by atoms with Gasteiger partial charge in [-0.3, -0.25) is 4.57 Å². The third-order valence-electron chi connectivity index (χ3n) is 5.42. The number of anilines is 1. The lowest BCUT2D eigenvalue weighted by molar-refractivity contribution is -0.0434. The van der Waals surface area contributed by atoms with Crippen LogP contribution in [0.15, 0.2) is 23.2 Å². The van der Waals surface area contributed by atoms with E-state index in [2.05, 4.69) is 30.1 Å². The second-order valence-electron chi connectivity index (χ2n) is 8.79. The molecule has 14 heteroatoms. The molecule has 1 saturated heterocycles. The summed E-state index contributed by atoms with van der Waals surface area (Å²) in [6.07, 6.45) is -1.78. The van der Waals surface area contributed by atoms with E-state index in [4.69, 9.17) is 9.26 Å². The second-order valence-corrected chi connectivity index (χ2v) is 10.8. The van der Waals surface area contributed by atoms with E-state index in [0.29, 0.717) is 28.4 Å². The third-order valence-corrected chi connectivity index (χ3v) is 6.79. The molecule has 13 nitrogen and oxygen atoms in total. The van der Waals surface area contributed by atoms with Crippen LogP contribution in [0.3, 0.4) is 0 Å². The van der Waals surface area contributed by atoms with E-state index in [9.17, 15) is 18.6 Å². The Labute approximate surface area is 190 Å². The van der Waals surface area contributed by atoms with Crippen molar-refractivity contribution in [3.05, 3.63) is 30.2 Å². The third kappa shape index (κ3) is 4.56. The van der Waals surface area contributed by atoms with Crippen LogP contribution in [-0.2, 0) is 20.2 Å². The fourth-order valence-electron chi connectivity index (χ4n) is 3.47. The molecule has 3 aromatic rings. The van der Waals surface area contributed by atoms with Crippen molar-refractivity contribution in [1.29, 1.82) is 0 Å². The number of aliphatic hydroxyl groups excluding tert-OH is 2. The number of nitrogens with zero attached hydrogens (tertiary/aromatic N) is 5. The first kappa shape index (κ1) is 23.5. The SMILES string of the molecule is CNS(=O)(=O)CCNc1ncnc2c1ncn2[C@@H]1O[C@H](c2cc(C(C)(C)C)no2)[C@@H](O)[C@@H]1O. The molecular formula is C19H27N7O6S. The van der Waals surface area contributed by atoms with Crippen LogP contribution in [0.5, 0.6) is 0 Å². The maximum atomic E-state index is 11.6. The summed E-state index contributed by atoms with van der Waals surface area (Å²) in [4.78, 5) is 12.6. The first-order valence-corrected chi connectivity index (χ1v) is 12.0. The van der Waals surface area contributed by atoms with Gasteiger partial charge in [0.15, 0.2) is 29.0 Å². The molecule has 3 aromatic heterocycles. The number of nitrogens with one attached hydrogen (secondary N) is 2. The zero-order chi connectivity index (χ0) is 24.0. The van der Waals surface area contributed by atoms with Crippen molar-refractivity contribution in [3.63, 3.8) is 0 Å². The lowest BCUT2D eigenvalue weighted by Gasteiger charge is -2.16. The Morgan fingerprint density at radius 1 is 1.18 bits per heavy atom. The normalized spacial score (nSPS) is 23.9. The van der Waals surface area contributed by atoms with Crippen molar-refractivity contribution in [3.8, 4) is 0 Å². The van der Waals surface area contributed by atoms with Crippen molar-refractivity contribution < 1.29 is 27.9 Å². The second kappa shape index (κ2) is 8.61. The summed E-state index contributed by atoms with van der Waals surface area (Å²) >= 11 is 0. The van der Waals surface area contributed by atoms with Crippen molar-refractivity contribution in [2.45, 2.75) is 50.7 Å². The molecule has 0 saturated carbocycles. The van der Waals surface area contributed by atoms with Crippen molar-refractivity contribution >= 4 is 27.0 Å². The van der Waals surface area contributed by atoms with Crippen LogP contribution >= 0.6 is 0 Å². The fourth-order valence-corrected chi connectivity index (χ4v) is 4.05. The summed E-state index contributed by atoms with van der Waals surface area (Å²) in [5.74, 6) is 0.489. The Hall–Kier alpha value is -2.65. The van der Waals surface area contributed by atoms with Crippen molar-refractivity contribution in [2.75, 3.05) is 24.7 Å². The molecule has 0 radical (unpaired) electrons. The first-order chi connectivity index (χ1) is 15.5. The van der Waals surface area contributed by atoms with E-state index in [1.54, 1.807) is 6.07 Å². The molecule has 0 unspecified atom stereocenters. The number of sulfonamides is 1. The smallest absolute Gasteiger partial charge is 0.213 e. The Morgan fingerprint density at radius 2 is 1.94 bits per heavy atom. The van der Waals surface area contributed by atoms with Gasteiger partial charge in [0.1, 0.15) is 24.6 Å². The monoisotopic (exact) mass is 481 g/mol. The summed E-state index contributed by atoms with van der Waals surface area (Å²) in [6, 6.07) is 1.71. The summed E-state index contributed by atoms with van der Waals surface area (Å²) in [6.45, 7) is 6.05. The molecule has 180 valence electrons. The van der Waals surface area contributed by atoms with Gasteiger partial charge in [0, 0.05) is 18.0 Å². The largest absolute Gasteiger partial charge is 0.387 e. The molecule has 0 aromatic carbocycles. The molecule has 0 aliphatic carbocycles. The van der Waals surface area contributed by atoms with Gasteiger partial charge in [-0.25, -0.2) is 28.1 Å². The van der Waals surface area contributed by atoms with Crippen LogP contribution in [-0.4, -0.2) is 74.9 Å². The molecule has 0 amide bonds. The van der Waals surface area contributed by atoms with Gasteiger partial charge in [0.25, 0.3) is 0 Å². The molecule has 4 heterocycles. The number of fused-ring (bicyclic) bond motifs is 1. The standard InChI is InChI=1S/C19H27N7O6S/c1-19(2,3)11-7-10(32-25-11)15-13(27)14(28)18(31-15)26-9-24-12-16(22-8-23-17(12)26)21-5-6-33(29,30)20-4/h7-9,13-15,18,20,27-28H,5-6H2,1-4H3,(H,21,22,23)/t13-,14-,15+,18+/m0/s1. The van der Waals surface area contributed by atoms with Gasteiger partial charge in [0.05, 0.1) is 17.8 Å². The highest BCUT2D eigenvalue weighted by atomic mass is 32.2. The van der Waals surface area contributed by atoms with Crippen LogP contribution in [0.1, 0.15) is 44.6 Å². The van der Waals surface area contributed by atoms with Gasteiger partial charge in [-0.1, -0.05) is 25.9 Å². The van der Waals surface area contributed by atoms with E-state index < -0.39 is 34.6 Å². The molecule has 1 aliphatic heterocycles. The average Bonchev–Trinajstić information content (AvgIpc) is 3.47. The number of aromatic nitrogens is 5. The van der Waals surface area contributed by atoms with E-state index in [1.165, 1.54) is 24.3 Å². The number of rotatable bonds is 7. The zero-order valence-corrected chi connectivity index (χ0v) is 19.4. The first-order valence-electron chi connectivity index (χ1n) is 10.3. The van der Waals surface area contributed by atoms with Gasteiger partial charge in [-0.15, -0.1) is 0 Å². The minimum Gasteiger partial charge on any atom is -0.387 e. The van der Waals surface area contributed by atoms with Gasteiger partial charge < -0.3 is 24.8 Å². The number of aliphatic hydroxyl groups is 2. The Bertz CT molecular complexity index is 1230. The topological polar surface area (TPSA) is 178 Å². The highest BCUT2D eigenvalue weighted by molar-refractivity contribution is 7.89. The van der Waals surface area contributed by atoms with Crippen LogP contribution in [0.25, 0.3) is 11.2 Å². The Morgan fingerprint density at radius 3 is 2.61 bits per heavy atom. The van der Waals surface area contributed by atoms with Crippen LogP contribution in [0.2, 0.25) is 0 Å². The summed E-state index contributed by atoms with van der Waals surface area (Å²) < 4.78 is 38.3. The predicted molar refractivity (Wildman–Crippen MR) is 117 cm³/mol. The quantitative estimate of drug-likeness (QED) is 0.359.